The molecule has 0 bridgehead atoms. The highest BCUT2D eigenvalue weighted by molar-refractivity contribution is 5.98. The average Bonchev–Trinajstić information content (AvgIpc) is 3.03. The van der Waals surface area contributed by atoms with E-state index in [1.807, 2.05) is 0 Å². The number of aromatic nitrogens is 2. The zero-order valence-electron chi connectivity index (χ0n) is 15.6. The molecule has 160 valence electrons. The van der Waals surface area contributed by atoms with Crippen LogP contribution in [-0.4, -0.2) is 21.9 Å². The van der Waals surface area contributed by atoms with E-state index in [1.54, 1.807) is 0 Å². The van der Waals surface area contributed by atoms with Crippen molar-refractivity contribution < 1.29 is 26.7 Å². The minimum Gasteiger partial charge on any atom is -0.327 e. The molecule has 0 saturated carbocycles. The van der Waals surface area contributed by atoms with Crippen molar-refractivity contribution in [1.82, 2.24) is 9.55 Å². The van der Waals surface area contributed by atoms with Crippen molar-refractivity contribution in [3.8, 4) is 11.1 Å². The Morgan fingerprint density at radius 2 is 1.90 bits per heavy atom. The third-order valence-electron chi connectivity index (χ3n) is 4.38. The van der Waals surface area contributed by atoms with Crippen LogP contribution >= 0.6 is 12.4 Å². The highest BCUT2D eigenvalue weighted by atomic mass is 35.5. The molecule has 3 aromatic rings. The number of carbonyl (C=O) groups is 1. The highest BCUT2D eigenvalue weighted by Crippen LogP contribution is 2.38. The molecule has 2 N–H and O–H groups in total. The summed E-state index contributed by atoms with van der Waals surface area (Å²) < 4.78 is 69.9. The summed E-state index contributed by atoms with van der Waals surface area (Å²) in [6, 6.07) is 5.04. The van der Waals surface area contributed by atoms with Crippen LogP contribution in [0.1, 0.15) is 22.8 Å². The number of rotatable bonds is 5. The maximum atomic E-state index is 14.5. The lowest BCUT2D eigenvalue weighted by atomic mass is 9.97. The third kappa shape index (κ3) is 4.68. The van der Waals surface area contributed by atoms with E-state index in [1.165, 1.54) is 30.0 Å². The minimum absolute atomic E-state index is 0. The first-order valence-corrected chi connectivity index (χ1v) is 8.53. The summed E-state index contributed by atoms with van der Waals surface area (Å²) in [4.78, 5) is 15.7. The van der Waals surface area contributed by atoms with Gasteiger partial charge in [-0.25, -0.2) is 13.8 Å². The first-order valence-electron chi connectivity index (χ1n) is 8.53. The largest absolute Gasteiger partial charge is 0.416 e. The highest BCUT2D eigenvalue weighted by Gasteiger charge is 2.32. The van der Waals surface area contributed by atoms with E-state index >= 15 is 0 Å². The molecule has 0 fully saturated rings. The molecular formula is C20H17ClF5N3O. The summed E-state index contributed by atoms with van der Waals surface area (Å²) in [5.74, 6) is -1.82. The molecule has 0 spiro atoms. The van der Waals surface area contributed by atoms with Gasteiger partial charge in [-0.1, -0.05) is 0 Å². The Morgan fingerprint density at radius 3 is 2.50 bits per heavy atom. The predicted molar refractivity (Wildman–Crippen MR) is 106 cm³/mol. The zero-order valence-corrected chi connectivity index (χ0v) is 16.5. The lowest BCUT2D eigenvalue weighted by Gasteiger charge is -2.13. The number of imidazole rings is 1. The molecule has 0 aliphatic rings. The van der Waals surface area contributed by atoms with Gasteiger partial charge in [-0.15, -0.1) is 12.4 Å². The summed E-state index contributed by atoms with van der Waals surface area (Å²) in [5, 5.41) is 0. The van der Waals surface area contributed by atoms with Crippen LogP contribution < -0.4 is 5.73 Å². The second-order valence-electron chi connectivity index (χ2n) is 6.40. The average molecular weight is 446 g/mol. The van der Waals surface area contributed by atoms with Crippen LogP contribution in [0.25, 0.3) is 22.2 Å². The smallest absolute Gasteiger partial charge is 0.327 e. The first-order chi connectivity index (χ1) is 13.6. The quantitative estimate of drug-likeness (QED) is 0.428. The van der Waals surface area contributed by atoms with Crippen LogP contribution in [0.15, 0.2) is 48.6 Å². The van der Waals surface area contributed by atoms with Crippen molar-refractivity contribution in [2.75, 3.05) is 6.54 Å². The van der Waals surface area contributed by atoms with E-state index in [4.69, 9.17) is 5.73 Å². The minimum atomic E-state index is -4.72. The standard InChI is InChI=1S/C20H16F5N3O.ClH/c1-11(29)12-2-3-17(22)15(6-12)16-7-13(20(23,24)25)8-18-19(16)27-10-28(18)9-14(21)4-5-26;/h2-4,6-8,10H,5,9,26H2,1H3;1H. The molecule has 1 aromatic heterocycles. The maximum absolute atomic E-state index is 14.5. The van der Waals surface area contributed by atoms with E-state index in [2.05, 4.69) is 4.98 Å². The molecule has 0 radical (unpaired) electrons. The topological polar surface area (TPSA) is 60.9 Å². The van der Waals surface area contributed by atoms with Gasteiger partial charge in [-0.2, -0.15) is 13.2 Å². The third-order valence-corrected chi connectivity index (χ3v) is 4.38. The van der Waals surface area contributed by atoms with Gasteiger partial charge in [-0.05, 0) is 43.3 Å². The molecule has 1 heterocycles. The van der Waals surface area contributed by atoms with Gasteiger partial charge in [-0.3, -0.25) is 4.79 Å². The Hall–Kier alpha value is -2.78. The van der Waals surface area contributed by atoms with Crippen LogP contribution in [0.2, 0.25) is 0 Å². The normalized spacial score (nSPS) is 12.2. The van der Waals surface area contributed by atoms with Gasteiger partial charge < -0.3 is 10.3 Å². The van der Waals surface area contributed by atoms with Crippen molar-refractivity contribution >= 4 is 29.2 Å². The molecule has 0 atom stereocenters. The van der Waals surface area contributed by atoms with Crippen LogP contribution in [0.4, 0.5) is 22.0 Å². The number of halogens is 6. The SMILES string of the molecule is CC(=O)c1ccc(F)c(-c2cc(C(F)(F)F)cc3c2ncn3CC(F)=CCN)c1.Cl. The van der Waals surface area contributed by atoms with Crippen molar-refractivity contribution in [2.24, 2.45) is 5.73 Å². The number of Topliss-reactive ketones (excluding diaryl/α,β-unsaturated/α-hetero) is 1. The lowest BCUT2D eigenvalue weighted by molar-refractivity contribution is -0.137. The molecule has 4 nitrogen and oxygen atoms in total. The van der Waals surface area contributed by atoms with Gasteiger partial charge in [0.1, 0.15) is 11.6 Å². The van der Waals surface area contributed by atoms with Crippen LogP contribution in [0, 0.1) is 5.82 Å². The fraction of sp³-hybridized carbons (Fsp3) is 0.200. The van der Waals surface area contributed by atoms with Gasteiger partial charge >= 0.3 is 6.18 Å². The summed E-state index contributed by atoms with van der Waals surface area (Å²) in [5.41, 5.74) is 4.04. The van der Waals surface area contributed by atoms with Crippen LogP contribution in [0.3, 0.4) is 0 Å². The number of hydrogen-bond acceptors (Lipinski definition) is 3. The molecule has 10 heteroatoms. The van der Waals surface area contributed by atoms with Gasteiger partial charge in [0, 0.05) is 23.2 Å². The van der Waals surface area contributed by atoms with Gasteiger partial charge in [0.15, 0.2) is 5.78 Å². The molecule has 0 aliphatic carbocycles. The Morgan fingerprint density at radius 1 is 1.20 bits per heavy atom. The van der Waals surface area contributed by atoms with Crippen LogP contribution in [-0.2, 0) is 12.7 Å². The number of nitrogens with two attached hydrogens (primary N) is 1. The molecule has 0 aliphatic heterocycles. The maximum Gasteiger partial charge on any atom is 0.416 e. The number of carbonyl (C=O) groups excluding carboxylic acids is 1. The van der Waals surface area contributed by atoms with E-state index < -0.39 is 23.4 Å². The number of ketones is 1. The van der Waals surface area contributed by atoms with E-state index in [0.29, 0.717) is 0 Å². The Kier molecular flexibility index (Phi) is 6.99. The lowest BCUT2D eigenvalue weighted by Crippen LogP contribution is -2.07. The number of hydrogen-bond donors (Lipinski definition) is 1. The molecular weight excluding hydrogens is 429 g/mol. The Balaban J connectivity index is 0.00000320. The molecule has 0 saturated heterocycles. The number of benzene rings is 2. The summed E-state index contributed by atoms with van der Waals surface area (Å²) in [6.45, 7) is 0.824. The number of nitrogens with zero attached hydrogens (tertiary/aromatic N) is 2. The zero-order chi connectivity index (χ0) is 21.3. The summed E-state index contributed by atoms with van der Waals surface area (Å²) >= 11 is 0. The Labute approximate surface area is 174 Å². The van der Waals surface area contributed by atoms with Gasteiger partial charge in [0.05, 0.1) is 29.5 Å². The van der Waals surface area contributed by atoms with Gasteiger partial charge in [0.25, 0.3) is 0 Å². The predicted octanol–water partition coefficient (Wildman–Crippen LogP) is 5.30. The van der Waals surface area contributed by atoms with Crippen molar-refractivity contribution in [3.05, 3.63) is 65.5 Å². The van der Waals surface area contributed by atoms with Crippen molar-refractivity contribution in [1.29, 1.82) is 0 Å². The van der Waals surface area contributed by atoms with E-state index in [0.717, 1.165) is 24.3 Å². The number of fused-ring (bicyclic) bond motifs is 1. The van der Waals surface area contributed by atoms with Crippen molar-refractivity contribution in [2.45, 2.75) is 19.6 Å². The second kappa shape index (κ2) is 8.93. The number of allylic oxidation sites excluding steroid dienone is 1. The fourth-order valence-corrected chi connectivity index (χ4v) is 2.96. The second-order valence-corrected chi connectivity index (χ2v) is 6.40. The van der Waals surface area contributed by atoms with Gasteiger partial charge in [0.2, 0.25) is 0 Å². The molecule has 0 amide bonds. The monoisotopic (exact) mass is 445 g/mol. The first kappa shape index (κ1) is 23.5. The van der Waals surface area contributed by atoms with E-state index in [9.17, 15) is 26.7 Å². The summed E-state index contributed by atoms with van der Waals surface area (Å²) in [7, 11) is 0. The number of alkyl halides is 3. The van der Waals surface area contributed by atoms with E-state index in [-0.39, 0.29) is 59.0 Å². The Bertz CT molecular complexity index is 1120. The molecule has 2 aromatic carbocycles. The molecule has 30 heavy (non-hydrogen) atoms. The van der Waals surface area contributed by atoms with Crippen LogP contribution in [0.5, 0.6) is 0 Å². The fourth-order valence-electron chi connectivity index (χ4n) is 2.96. The molecule has 3 rings (SSSR count). The summed E-state index contributed by atoms with van der Waals surface area (Å²) in [6.07, 6.45) is -2.46. The van der Waals surface area contributed by atoms with Crippen molar-refractivity contribution in [3.63, 3.8) is 0 Å². The molecule has 0 unspecified atom stereocenters.